The molecule has 0 heterocycles. The molecular formula is C46H78NO11P. The number of nitrogens with two attached hydrogens (primary N) is 1. The lowest BCUT2D eigenvalue weighted by molar-refractivity contribution is -0.161. The fourth-order valence-corrected chi connectivity index (χ4v) is 6.24. The predicted molar refractivity (Wildman–Crippen MR) is 237 cm³/mol. The maximum Gasteiger partial charge on any atom is 0.472 e. The highest BCUT2D eigenvalue weighted by atomic mass is 31.2. The van der Waals surface area contributed by atoms with Crippen molar-refractivity contribution in [3.05, 3.63) is 72.9 Å². The van der Waals surface area contributed by atoms with Crippen molar-refractivity contribution in [2.75, 3.05) is 19.8 Å². The Morgan fingerprint density at radius 2 is 1.12 bits per heavy atom. The summed E-state index contributed by atoms with van der Waals surface area (Å²) in [7, 11) is -4.75. The second kappa shape index (κ2) is 40.3. The summed E-state index contributed by atoms with van der Waals surface area (Å²) < 4.78 is 32.6. The van der Waals surface area contributed by atoms with E-state index in [-0.39, 0.29) is 12.8 Å². The Morgan fingerprint density at radius 1 is 0.610 bits per heavy atom. The minimum absolute atomic E-state index is 0.0461. The van der Waals surface area contributed by atoms with Crippen molar-refractivity contribution < 1.29 is 52.6 Å². The second-order valence-electron chi connectivity index (χ2n) is 14.7. The van der Waals surface area contributed by atoms with Crippen LogP contribution in [0.3, 0.4) is 0 Å². The SMILES string of the molecule is CCCCC/C=C\C=C/[C@H](O)C/C=C\C/C=C/CCCC(=O)O[C@H](COC(=O)CCCCCCCCC/C=C\C/C=C\CCCCC)COP(=O)(O)OC[C@H](N)C(=O)O. The Bertz CT molecular complexity index is 1290. The summed E-state index contributed by atoms with van der Waals surface area (Å²) in [6, 6.07) is -1.55. The molecule has 0 bridgehead atoms. The van der Waals surface area contributed by atoms with Crippen LogP contribution in [0.2, 0.25) is 0 Å². The smallest absolute Gasteiger partial charge is 0.472 e. The minimum atomic E-state index is -4.75. The van der Waals surface area contributed by atoms with Crippen LogP contribution in [0.1, 0.15) is 162 Å². The second-order valence-corrected chi connectivity index (χ2v) is 16.1. The summed E-state index contributed by atoms with van der Waals surface area (Å²) in [5.41, 5.74) is 5.32. The Balaban J connectivity index is 4.53. The lowest BCUT2D eigenvalue weighted by Crippen LogP contribution is -2.34. The Morgan fingerprint density at radius 3 is 1.73 bits per heavy atom. The summed E-state index contributed by atoms with van der Waals surface area (Å²) >= 11 is 0. The number of phosphoric ester groups is 1. The third kappa shape index (κ3) is 40.1. The van der Waals surface area contributed by atoms with Crippen LogP contribution >= 0.6 is 7.82 Å². The predicted octanol–water partition coefficient (Wildman–Crippen LogP) is 10.7. The third-order valence-electron chi connectivity index (χ3n) is 9.01. The van der Waals surface area contributed by atoms with Crippen LogP contribution in [0.4, 0.5) is 0 Å². The van der Waals surface area contributed by atoms with Crippen molar-refractivity contribution in [2.24, 2.45) is 5.73 Å². The van der Waals surface area contributed by atoms with Crippen molar-refractivity contribution in [1.82, 2.24) is 0 Å². The number of rotatable bonds is 40. The van der Waals surface area contributed by atoms with Crippen LogP contribution in [0.15, 0.2) is 72.9 Å². The molecule has 59 heavy (non-hydrogen) atoms. The van der Waals surface area contributed by atoms with Crippen molar-refractivity contribution in [3.63, 3.8) is 0 Å². The molecule has 0 spiro atoms. The Kier molecular flexibility index (Phi) is 38.2. The fraction of sp³-hybridized carbons (Fsp3) is 0.674. The number of carbonyl (C=O) groups excluding carboxylic acids is 2. The van der Waals surface area contributed by atoms with Crippen LogP contribution in [0.25, 0.3) is 0 Å². The van der Waals surface area contributed by atoms with E-state index in [1.165, 1.54) is 57.8 Å². The normalized spacial score (nSPS) is 14.9. The number of allylic oxidation sites excluding steroid dienone is 10. The average molecular weight is 852 g/mol. The molecule has 0 aliphatic carbocycles. The number of ether oxygens (including phenoxy) is 2. The molecular weight excluding hydrogens is 773 g/mol. The van der Waals surface area contributed by atoms with Gasteiger partial charge in [-0.15, -0.1) is 0 Å². The zero-order chi connectivity index (χ0) is 43.7. The van der Waals surface area contributed by atoms with E-state index < -0.39 is 63.8 Å². The number of aliphatic hydroxyl groups is 1. The van der Waals surface area contributed by atoms with Gasteiger partial charge in [-0.05, 0) is 77.0 Å². The molecule has 4 atom stereocenters. The van der Waals surface area contributed by atoms with E-state index in [0.717, 1.165) is 44.9 Å². The van der Waals surface area contributed by atoms with Crippen molar-refractivity contribution in [1.29, 1.82) is 0 Å². The number of hydrogen-bond donors (Lipinski definition) is 4. The number of unbranched alkanes of at least 4 members (excludes halogenated alkanes) is 14. The molecule has 12 nitrogen and oxygen atoms in total. The first kappa shape index (κ1) is 55.9. The number of esters is 2. The molecule has 0 radical (unpaired) electrons. The molecule has 0 aliphatic heterocycles. The quantitative estimate of drug-likeness (QED) is 0.0150. The van der Waals surface area contributed by atoms with Gasteiger partial charge in [-0.3, -0.25) is 23.4 Å². The highest BCUT2D eigenvalue weighted by Crippen LogP contribution is 2.43. The standard InChI is InChI=1S/C46H78NO11P/c1-3-5-7-9-11-12-13-14-15-16-17-18-19-20-24-28-32-36-44(49)55-38-42(39-56-59(53,54)57-40-43(47)46(51)52)58-45(50)37-33-29-25-21-23-27-31-35-41(48)34-30-26-22-10-8-6-4-2/h11-12,14-15,21-22,25-27,30-31,34,41-43,48H,3-10,13,16-20,23-24,28-29,32-33,35-40,47H2,1-2H3,(H,51,52)(H,53,54)/b12-11-,15-14-,25-21+,26-22-,31-27-,34-30-/t41-,42+,43-/m0/s1. The fourth-order valence-electron chi connectivity index (χ4n) is 5.46. The van der Waals surface area contributed by atoms with Gasteiger partial charge in [-0.2, -0.15) is 0 Å². The number of carboxylic acid groups (broad SMARTS) is 1. The molecule has 0 aromatic rings. The lowest BCUT2D eigenvalue weighted by Gasteiger charge is -2.20. The number of aliphatic hydroxyl groups excluding tert-OH is 1. The van der Waals surface area contributed by atoms with E-state index in [2.05, 4.69) is 48.8 Å². The summed E-state index contributed by atoms with van der Waals surface area (Å²) in [6.07, 6.45) is 44.2. The molecule has 5 N–H and O–H groups in total. The van der Waals surface area contributed by atoms with Crippen LogP contribution in [-0.4, -0.2) is 71.1 Å². The van der Waals surface area contributed by atoms with Gasteiger partial charge in [0.15, 0.2) is 6.10 Å². The van der Waals surface area contributed by atoms with Crippen LogP contribution < -0.4 is 5.73 Å². The molecule has 13 heteroatoms. The number of carbonyl (C=O) groups is 3. The zero-order valence-electron chi connectivity index (χ0n) is 36.2. The number of aliphatic carboxylic acids is 1. The monoisotopic (exact) mass is 852 g/mol. The number of hydrogen-bond acceptors (Lipinski definition) is 10. The van der Waals surface area contributed by atoms with Gasteiger partial charge in [0, 0.05) is 12.8 Å². The molecule has 0 saturated heterocycles. The van der Waals surface area contributed by atoms with Gasteiger partial charge < -0.3 is 30.3 Å². The highest BCUT2D eigenvalue weighted by Gasteiger charge is 2.28. The maximum atomic E-state index is 12.6. The molecule has 0 amide bonds. The summed E-state index contributed by atoms with van der Waals surface area (Å²) in [5, 5.41) is 19.0. The van der Waals surface area contributed by atoms with Crippen LogP contribution in [0, 0.1) is 0 Å². The van der Waals surface area contributed by atoms with Gasteiger partial charge >= 0.3 is 25.7 Å². The molecule has 1 unspecified atom stereocenters. The topological polar surface area (TPSA) is 192 Å². The Labute approximate surface area is 355 Å². The Hall–Kier alpha value is -3.12. The number of phosphoric acid groups is 1. The molecule has 338 valence electrons. The van der Waals surface area contributed by atoms with Gasteiger partial charge in [-0.25, -0.2) is 4.57 Å². The van der Waals surface area contributed by atoms with E-state index in [9.17, 15) is 28.9 Å². The molecule has 0 aromatic heterocycles. The lowest BCUT2D eigenvalue weighted by atomic mass is 10.1. The molecule has 0 saturated carbocycles. The van der Waals surface area contributed by atoms with Crippen molar-refractivity contribution in [2.45, 2.75) is 180 Å². The van der Waals surface area contributed by atoms with Gasteiger partial charge in [0.1, 0.15) is 12.6 Å². The largest absolute Gasteiger partial charge is 0.480 e. The van der Waals surface area contributed by atoms with Crippen LogP contribution in [0.5, 0.6) is 0 Å². The summed E-state index contributed by atoms with van der Waals surface area (Å²) in [4.78, 5) is 46.0. The first-order valence-corrected chi connectivity index (χ1v) is 23.6. The summed E-state index contributed by atoms with van der Waals surface area (Å²) in [6.45, 7) is 2.59. The van der Waals surface area contributed by atoms with E-state index in [0.29, 0.717) is 32.1 Å². The van der Waals surface area contributed by atoms with E-state index in [1.807, 2.05) is 36.5 Å². The van der Waals surface area contributed by atoms with Gasteiger partial charge in [0.05, 0.1) is 19.3 Å². The van der Waals surface area contributed by atoms with E-state index in [1.54, 1.807) is 6.08 Å². The molecule has 0 fully saturated rings. The first-order valence-electron chi connectivity index (χ1n) is 22.1. The molecule has 0 aliphatic rings. The first-order chi connectivity index (χ1) is 28.5. The third-order valence-corrected chi connectivity index (χ3v) is 9.96. The van der Waals surface area contributed by atoms with Crippen molar-refractivity contribution in [3.8, 4) is 0 Å². The van der Waals surface area contributed by atoms with E-state index in [4.69, 9.17) is 24.8 Å². The van der Waals surface area contributed by atoms with Crippen molar-refractivity contribution >= 4 is 25.7 Å². The highest BCUT2D eigenvalue weighted by molar-refractivity contribution is 7.47. The van der Waals surface area contributed by atoms with Crippen LogP contribution in [-0.2, 0) is 37.5 Å². The number of carboxylic acids is 1. The zero-order valence-corrected chi connectivity index (χ0v) is 37.1. The average Bonchev–Trinajstić information content (AvgIpc) is 3.21. The molecule has 0 rings (SSSR count). The maximum absolute atomic E-state index is 12.6. The molecule has 0 aromatic carbocycles. The van der Waals surface area contributed by atoms with Gasteiger partial charge in [-0.1, -0.05) is 145 Å². The minimum Gasteiger partial charge on any atom is -0.480 e. The van der Waals surface area contributed by atoms with Gasteiger partial charge in [0.2, 0.25) is 0 Å². The summed E-state index contributed by atoms with van der Waals surface area (Å²) in [5.74, 6) is -2.52. The van der Waals surface area contributed by atoms with E-state index >= 15 is 0 Å². The van der Waals surface area contributed by atoms with Gasteiger partial charge in [0.25, 0.3) is 0 Å².